The minimum absolute atomic E-state index is 0.251. The van der Waals surface area contributed by atoms with Gasteiger partial charge in [-0.05, 0) is 6.92 Å². The average Bonchev–Trinajstić information content (AvgIpc) is 2.14. The average molecular weight is 147 g/mol. The first-order chi connectivity index (χ1) is 4.74. The largest absolute Gasteiger partial charge is 0.449 e. The normalized spacial score (nSPS) is 9.70. The third-order valence-corrected chi connectivity index (χ3v) is 0.716. The minimum Gasteiger partial charge on any atom is -0.358 e. The van der Waals surface area contributed by atoms with Gasteiger partial charge in [0.25, 0.3) is 0 Å². The highest BCUT2D eigenvalue weighted by atomic mass is 17.0. The number of aromatic nitrogens is 1. The first kappa shape index (κ1) is 6.66. The van der Waals surface area contributed by atoms with Gasteiger partial charge in [0, 0.05) is 0 Å². The molecule has 0 bridgehead atoms. The first-order valence-corrected chi connectivity index (χ1v) is 2.61. The molecule has 0 atom stereocenters. The van der Waals surface area contributed by atoms with Gasteiger partial charge in [0.15, 0.2) is 0 Å². The molecule has 0 N–H and O–H groups in total. The Labute approximate surface area is 54.5 Å². The highest BCUT2D eigenvalue weighted by Gasteiger charge is 2.03. The smallest absolute Gasteiger partial charge is 0.358 e. The summed E-state index contributed by atoms with van der Waals surface area (Å²) in [5, 5.41) is 0.380. The molecule has 1 aromatic rings. The summed E-state index contributed by atoms with van der Waals surface area (Å²) >= 11 is 0. The van der Waals surface area contributed by atoms with E-state index in [0.29, 0.717) is 5.08 Å². The summed E-state index contributed by atoms with van der Waals surface area (Å²) in [5.74, 6) is 0. The van der Waals surface area contributed by atoms with E-state index in [1.54, 1.807) is 6.92 Å². The Morgan fingerprint density at radius 1 is 1.40 bits per heavy atom. The van der Waals surface area contributed by atoms with Crippen molar-refractivity contribution in [3.05, 3.63) is 20.8 Å². The molecule has 0 fully saturated rings. The van der Waals surface area contributed by atoms with Crippen LogP contribution in [-0.2, 0) is 0 Å². The Hall–Kier alpha value is -1.46. The van der Waals surface area contributed by atoms with Crippen molar-refractivity contribution in [1.29, 1.82) is 0 Å². The van der Waals surface area contributed by atoms with Crippen LogP contribution in [0.25, 0.3) is 0 Å². The van der Waals surface area contributed by atoms with E-state index >= 15 is 0 Å². The van der Waals surface area contributed by atoms with E-state index < -0.39 is 11.3 Å². The van der Waals surface area contributed by atoms with Crippen molar-refractivity contribution in [3.8, 4) is 0 Å². The molecule has 1 aromatic heterocycles. The summed E-state index contributed by atoms with van der Waals surface area (Å²) in [6.45, 7) is 1.90. The van der Waals surface area contributed by atoms with Crippen LogP contribution in [0, 0.1) is 0 Å². The third kappa shape index (κ3) is 1.09. The van der Waals surface area contributed by atoms with E-state index in [2.05, 4.69) is 13.9 Å². The molecular weight excluding hydrogens is 142 g/mol. The van der Waals surface area contributed by atoms with E-state index in [4.69, 9.17) is 0 Å². The summed E-state index contributed by atoms with van der Waals surface area (Å²) in [6.07, 6.45) is 0. The summed E-state index contributed by atoms with van der Waals surface area (Å²) in [6, 6.07) is 0. The zero-order valence-electron chi connectivity index (χ0n) is 5.20. The van der Waals surface area contributed by atoms with E-state index in [1.807, 2.05) is 0 Å². The third-order valence-electron chi connectivity index (χ3n) is 0.716. The van der Waals surface area contributed by atoms with Crippen LogP contribution in [0.5, 0.6) is 0 Å². The Balaban J connectivity index is 2.99. The zero-order valence-corrected chi connectivity index (χ0v) is 5.20. The molecular formula is C4H5NO5. The van der Waals surface area contributed by atoms with Gasteiger partial charge in [-0.1, -0.05) is 0 Å². The standard InChI is InChI=1S/C4H5NO5/c1-2-8-5-9-3(6)4(7)10-5/h2H2,1H3. The van der Waals surface area contributed by atoms with Crippen LogP contribution >= 0.6 is 0 Å². The fraction of sp³-hybridized carbons (Fsp3) is 0.500. The first-order valence-electron chi connectivity index (χ1n) is 2.61. The highest BCUT2D eigenvalue weighted by Crippen LogP contribution is 1.70. The van der Waals surface area contributed by atoms with Crippen molar-refractivity contribution < 1.29 is 13.9 Å². The van der Waals surface area contributed by atoms with Gasteiger partial charge in [-0.15, -0.1) is 0 Å². The molecule has 0 amide bonds. The second-order valence-electron chi connectivity index (χ2n) is 1.40. The molecule has 0 aliphatic rings. The summed E-state index contributed by atoms with van der Waals surface area (Å²) in [5.41, 5.74) is -2.15. The summed E-state index contributed by atoms with van der Waals surface area (Å²) < 4.78 is 8.23. The van der Waals surface area contributed by atoms with Gasteiger partial charge < -0.3 is 4.84 Å². The molecule has 1 heterocycles. The lowest BCUT2D eigenvalue weighted by Gasteiger charge is -1.91. The fourth-order valence-corrected chi connectivity index (χ4v) is 0.387. The van der Waals surface area contributed by atoms with Gasteiger partial charge in [0.2, 0.25) is 0 Å². The molecule has 0 aromatic carbocycles. The van der Waals surface area contributed by atoms with Crippen LogP contribution in [-0.4, -0.2) is 11.7 Å². The molecule has 10 heavy (non-hydrogen) atoms. The van der Waals surface area contributed by atoms with Crippen molar-refractivity contribution in [2.75, 3.05) is 6.61 Å². The molecule has 56 valence electrons. The Morgan fingerprint density at radius 3 is 2.30 bits per heavy atom. The van der Waals surface area contributed by atoms with Crippen LogP contribution in [0.2, 0.25) is 0 Å². The molecule has 0 radical (unpaired) electrons. The van der Waals surface area contributed by atoms with Crippen LogP contribution in [0.1, 0.15) is 6.92 Å². The zero-order chi connectivity index (χ0) is 7.56. The maximum atomic E-state index is 10.2. The quantitative estimate of drug-likeness (QED) is 0.493. The molecule has 6 nitrogen and oxygen atoms in total. The van der Waals surface area contributed by atoms with Crippen molar-refractivity contribution in [3.63, 3.8) is 0 Å². The predicted molar refractivity (Wildman–Crippen MR) is 28.6 cm³/mol. The van der Waals surface area contributed by atoms with Crippen LogP contribution in [0.4, 0.5) is 0 Å². The second-order valence-corrected chi connectivity index (χ2v) is 1.40. The summed E-state index contributed by atoms with van der Waals surface area (Å²) in [7, 11) is 0. The molecule has 0 aliphatic carbocycles. The SMILES string of the molecule is CCOn1oc(=O)c(=O)o1. The maximum Gasteiger partial charge on any atom is 0.449 e. The van der Waals surface area contributed by atoms with Gasteiger partial charge in [-0.2, -0.15) is 0 Å². The van der Waals surface area contributed by atoms with Crippen molar-refractivity contribution in [2.45, 2.75) is 6.92 Å². The maximum absolute atomic E-state index is 10.2. The molecule has 0 spiro atoms. The minimum atomic E-state index is -1.08. The molecule has 6 heteroatoms. The molecule has 0 aliphatic heterocycles. The van der Waals surface area contributed by atoms with Crippen LogP contribution in [0.15, 0.2) is 18.6 Å². The molecule has 0 saturated carbocycles. The van der Waals surface area contributed by atoms with Crippen LogP contribution in [0.3, 0.4) is 0 Å². The van der Waals surface area contributed by atoms with Gasteiger partial charge in [-0.3, -0.25) is 9.05 Å². The second kappa shape index (κ2) is 2.42. The lowest BCUT2D eigenvalue weighted by Crippen LogP contribution is -2.14. The van der Waals surface area contributed by atoms with E-state index in [0.717, 1.165) is 0 Å². The fourth-order valence-electron chi connectivity index (χ4n) is 0.387. The van der Waals surface area contributed by atoms with Gasteiger partial charge in [0.1, 0.15) is 11.7 Å². The lowest BCUT2D eigenvalue weighted by molar-refractivity contribution is -0.141. The predicted octanol–water partition coefficient (Wildman–Crippen LogP) is -1.16. The number of hydrogen-bond donors (Lipinski definition) is 0. The number of hydrogen-bond acceptors (Lipinski definition) is 5. The van der Waals surface area contributed by atoms with Crippen LogP contribution < -0.4 is 16.1 Å². The van der Waals surface area contributed by atoms with Gasteiger partial charge in [-0.25, -0.2) is 9.59 Å². The Kier molecular flexibility index (Phi) is 1.61. The monoisotopic (exact) mass is 147 g/mol. The Bertz CT molecular complexity index is 276. The summed E-state index contributed by atoms with van der Waals surface area (Å²) in [4.78, 5) is 25.0. The topological polar surface area (TPSA) is 74.6 Å². The van der Waals surface area contributed by atoms with Crippen molar-refractivity contribution in [1.82, 2.24) is 5.08 Å². The number of rotatable bonds is 2. The van der Waals surface area contributed by atoms with Crippen molar-refractivity contribution >= 4 is 0 Å². The Morgan fingerprint density at radius 2 is 1.90 bits per heavy atom. The van der Waals surface area contributed by atoms with Gasteiger partial charge >= 0.3 is 11.3 Å². The van der Waals surface area contributed by atoms with E-state index in [-0.39, 0.29) is 6.61 Å². The molecule has 0 saturated heterocycles. The van der Waals surface area contributed by atoms with Crippen molar-refractivity contribution in [2.24, 2.45) is 0 Å². The van der Waals surface area contributed by atoms with E-state index in [1.165, 1.54) is 0 Å². The molecule has 0 unspecified atom stereocenters. The lowest BCUT2D eigenvalue weighted by atomic mass is 10.9. The molecule has 1 rings (SSSR count). The van der Waals surface area contributed by atoms with E-state index in [9.17, 15) is 9.59 Å². The number of nitrogens with zero attached hydrogens (tertiary/aromatic N) is 1. The highest BCUT2D eigenvalue weighted by molar-refractivity contribution is 4.55. The van der Waals surface area contributed by atoms with Gasteiger partial charge in [0.05, 0.1) is 0 Å².